The molecule has 6 heterocycles. The molecule has 0 radical (unpaired) electrons. The minimum atomic E-state index is -2.64. The number of nitrogens with zero attached hydrogens (tertiary/aromatic N) is 6. The van der Waals surface area contributed by atoms with E-state index in [0.29, 0.717) is 42.4 Å². The topological polar surface area (TPSA) is 102 Å². The van der Waals surface area contributed by atoms with Crippen molar-refractivity contribution in [2.24, 2.45) is 0 Å². The van der Waals surface area contributed by atoms with E-state index in [4.69, 9.17) is 0 Å². The Morgan fingerprint density at radius 3 is 2.71 bits per heavy atom. The van der Waals surface area contributed by atoms with Crippen molar-refractivity contribution in [3.8, 4) is 33.8 Å². The lowest BCUT2D eigenvalue weighted by molar-refractivity contribution is 0.0115. The van der Waals surface area contributed by atoms with Gasteiger partial charge in [0.1, 0.15) is 17.2 Å². The first kappa shape index (κ1) is 28.9. The number of nitrogens with one attached hydrogen (secondary N) is 3. The third-order valence-electron chi connectivity index (χ3n) is 8.08. The molecular formula is C33H32F3N9. The molecule has 6 aromatic rings. The van der Waals surface area contributed by atoms with E-state index in [2.05, 4.69) is 40.3 Å². The Hall–Kier alpha value is -4.81. The van der Waals surface area contributed by atoms with Gasteiger partial charge in [0, 0.05) is 73.2 Å². The van der Waals surface area contributed by atoms with Crippen molar-refractivity contribution in [1.82, 2.24) is 39.9 Å². The lowest BCUT2D eigenvalue weighted by atomic mass is 10.0. The molecule has 7 rings (SSSR count). The number of likely N-dealkylation sites (tertiary alicyclic amines) is 1. The number of rotatable bonds is 9. The number of benzene rings is 1. The molecule has 3 N–H and O–H groups in total. The van der Waals surface area contributed by atoms with Crippen molar-refractivity contribution in [1.29, 1.82) is 0 Å². The van der Waals surface area contributed by atoms with Crippen LogP contribution in [0.1, 0.15) is 12.0 Å². The molecule has 230 valence electrons. The second-order valence-corrected chi connectivity index (χ2v) is 11.8. The van der Waals surface area contributed by atoms with Crippen LogP contribution in [0.2, 0.25) is 0 Å². The van der Waals surface area contributed by atoms with E-state index in [9.17, 15) is 13.2 Å². The van der Waals surface area contributed by atoms with Gasteiger partial charge < -0.3 is 15.2 Å². The SMILES string of the molecule is CN(C)CCNc1cc(F)cc(-c2ccnc3[nH]c(-c4n[nH]c5cnc(-c6cncc(CN7CCC(F)(F)C7)c6)cc45)cc23)c1. The largest absolute Gasteiger partial charge is 0.384 e. The van der Waals surface area contributed by atoms with Gasteiger partial charge in [0.05, 0.1) is 29.6 Å². The van der Waals surface area contributed by atoms with E-state index in [1.54, 1.807) is 29.7 Å². The minimum absolute atomic E-state index is 0.121. The zero-order valence-corrected chi connectivity index (χ0v) is 24.9. The van der Waals surface area contributed by atoms with Crippen LogP contribution in [0.15, 0.2) is 67.3 Å². The number of likely N-dealkylation sites (N-methyl/N-ethyl adjacent to an activating group) is 1. The number of anilines is 1. The van der Waals surface area contributed by atoms with Gasteiger partial charge in [-0.1, -0.05) is 0 Å². The summed E-state index contributed by atoms with van der Waals surface area (Å²) < 4.78 is 42.1. The highest BCUT2D eigenvalue weighted by molar-refractivity contribution is 6.00. The van der Waals surface area contributed by atoms with E-state index in [0.717, 1.165) is 50.8 Å². The average Bonchev–Trinajstić information content (AvgIpc) is 3.72. The van der Waals surface area contributed by atoms with Crippen LogP contribution in [0.5, 0.6) is 0 Å². The van der Waals surface area contributed by atoms with E-state index >= 15 is 0 Å². The van der Waals surface area contributed by atoms with Crippen molar-refractivity contribution in [3.63, 3.8) is 0 Å². The number of hydrogen-bond donors (Lipinski definition) is 3. The summed E-state index contributed by atoms with van der Waals surface area (Å²) in [6.45, 7) is 2.03. The normalized spacial score (nSPS) is 15.1. The molecule has 9 nitrogen and oxygen atoms in total. The number of fused-ring (bicyclic) bond motifs is 2. The van der Waals surface area contributed by atoms with Crippen LogP contribution in [0.25, 0.3) is 55.7 Å². The number of aromatic nitrogens is 6. The molecule has 1 fully saturated rings. The van der Waals surface area contributed by atoms with Crippen LogP contribution >= 0.6 is 0 Å². The zero-order chi connectivity index (χ0) is 31.1. The standard InChI is InChI=1S/C33H32F3N9/c1-44(2)8-6-38-24-11-21(10-23(34)12-24)25-3-5-39-32-26(25)13-29(41-32)31-27-14-28(40-17-30(27)42-43-31)22-9-20(15-37-16-22)18-45-7-4-33(35,36)19-45/h3,5,9-17,38H,4,6-8,18-19H2,1-2H3,(H,39,41)(H,42,43). The molecule has 1 aliphatic rings. The molecule has 1 aromatic carbocycles. The van der Waals surface area contributed by atoms with Crippen molar-refractivity contribution >= 4 is 27.6 Å². The lowest BCUT2D eigenvalue weighted by Gasteiger charge is -2.15. The summed E-state index contributed by atoms with van der Waals surface area (Å²) in [6.07, 6.45) is 6.73. The molecule has 0 atom stereocenters. The highest BCUT2D eigenvalue weighted by atomic mass is 19.3. The van der Waals surface area contributed by atoms with Crippen LogP contribution in [0, 0.1) is 5.82 Å². The first-order valence-electron chi connectivity index (χ1n) is 14.8. The van der Waals surface area contributed by atoms with Crippen molar-refractivity contribution < 1.29 is 13.2 Å². The number of aromatic amines is 2. The molecule has 1 aliphatic heterocycles. The molecule has 45 heavy (non-hydrogen) atoms. The zero-order valence-electron chi connectivity index (χ0n) is 24.9. The number of alkyl halides is 2. The third-order valence-corrected chi connectivity index (χ3v) is 8.08. The van der Waals surface area contributed by atoms with Gasteiger partial charge in [-0.2, -0.15) is 5.10 Å². The van der Waals surface area contributed by atoms with Gasteiger partial charge in [-0.3, -0.25) is 20.0 Å². The van der Waals surface area contributed by atoms with Crippen LogP contribution < -0.4 is 5.32 Å². The fraction of sp³-hybridized carbons (Fsp3) is 0.273. The number of halogens is 3. The maximum absolute atomic E-state index is 14.7. The van der Waals surface area contributed by atoms with Crippen molar-refractivity contribution in [2.45, 2.75) is 18.9 Å². The summed E-state index contributed by atoms with van der Waals surface area (Å²) in [6, 6.07) is 12.7. The summed E-state index contributed by atoms with van der Waals surface area (Å²) in [7, 11) is 3.99. The lowest BCUT2D eigenvalue weighted by Crippen LogP contribution is -2.24. The van der Waals surface area contributed by atoms with Gasteiger partial charge in [-0.15, -0.1) is 0 Å². The fourth-order valence-corrected chi connectivity index (χ4v) is 5.87. The molecule has 5 aromatic heterocycles. The molecule has 0 unspecified atom stereocenters. The van der Waals surface area contributed by atoms with Gasteiger partial charge in [0.25, 0.3) is 5.92 Å². The Morgan fingerprint density at radius 2 is 1.89 bits per heavy atom. The third kappa shape index (κ3) is 6.11. The highest BCUT2D eigenvalue weighted by Gasteiger charge is 2.37. The molecule has 1 saturated heterocycles. The minimum Gasteiger partial charge on any atom is -0.384 e. The summed E-state index contributed by atoms with van der Waals surface area (Å²) in [5.41, 5.74) is 7.46. The predicted molar refractivity (Wildman–Crippen MR) is 169 cm³/mol. The van der Waals surface area contributed by atoms with Gasteiger partial charge in [0.15, 0.2) is 0 Å². The van der Waals surface area contributed by atoms with Crippen molar-refractivity contribution in [2.75, 3.05) is 45.6 Å². The summed E-state index contributed by atoms with van der Waals surface area (Å²) >= 11 is 0. The molecular weight excluding hydrogens is 579 g/mol. The summed E-state index contributed by atoms with van der Waals surface area (Å²) in [5.74, 6) is -2.96. The van der Waals surface area contributed by atoms with Gasteiger partial charge in [-0.05, 0) is 73.3 Å². The van der Waals surface area contributed by atoms with Gasteiger partial charge in [0.2, 0.25) is 0 Å². The number of pyridine rings is 3. The second-order valence-electron chi connectivity index (χ2n) is 11.8. The summed E-state index contributed by atoms with van der Waals surface area (Å²) in [4.78, 5) is 20.7. The molecule has 12 heteroatoms. The van der Waals surface area contributed by atoms with Gasteiger partial charge in [-0.25, -0.2) is 18.2 Å². The monoisotopic (exact) mass is 611 g/mol. The Labute approximate surface area is 257 Å². The Kier molecular flexibility index (Phi) is 7.46. The van der Waals surface area contributed by atoms with Crippen molar-refractivity contribution in [3.05, 3.63) is 78.6 Å². The van der Waals surface area contributed by atoms with E-state index < -0.39 is 5.92 Å². The van der Waals surface area contributed by atoms with Crippen LogP contribution in [0.3, 0.4) is 0 Å². The first-order chi connectivity index (χ1) is 21.7. The smallest absolute Gasteiger partial charge is 0.261 e. The molecule has 0 aliphatic carbocycles. The molecule has 0 saturated carbocycles. The quantitative estimate of drug-likeness (QED) is 0.179. The Morgan fingerprint density at radius 1 is 1.00 bits per heavy atom. The predicted octanol–water partition coefficient (Wildman–Crippen LogP) is 6.18. The van der Waals surface area contributed by atoms with Crippen LogP contribution in [-0.4, -0.2) is 86.1 Å². The van der Waals surface area contributed by atoms with E-state index in [-0.39, 0.29) is 18.8 Å². The average molecular weight is 612 g/mol. The van der Waals surface area contributed by atoms with Gasteiger partial charge >= 0.3 is 0 Å². The second kappa shape index (κ2) is 11.6. The first-order valence-corrected chi connectivity index (χ1v) is 14.8. The Balaban J connectivity index is 1.20. The maximum atomic E-state index is 14.7. The maximum Gasteiger partial charge on any atom is 0.261 e. The van der Waals surface area contributed by atoms with Crippen LogP contribution in [0.4, 0.5) is 18.9 Å². The molecule has 0 spiro atoms. The molecule has 0 amide bonds. The Bertz CT molecular complexity index is 2000. The van der Waals surface area contributed by atoms with E-state index in [1.807, 2.05) is 44.4 Å². The number of hydrogen-bond acceptors (Lipinski definition) is 7. The van der Waals surface area contributed by atoms with E-state index in [1.165, 1.54) is 12.1 Å². The fourth-order valence-electron chi connectivity index (χ4n) is 5.87. The number of H-pyrrole nitrogens is 2. The summed E-state index contributed by atoms with van der Waals surface area (Å²) in [5, 5.41) is 12.6. The highest BCUT2D eigenvalue weighted by Crippen LogP contribution is 2.35. The molecule has 0 bridgehead atoms. The van der Waals surface area contributed by atoms with Crippen LogP contribution in [-0.2, 0) is 6.54 Å².